The van der Waals surface area contributed by atoms with E-state index in [1.54, 1.807) is 46.2 Å². The third-order valence-electron chi connectivity index (χ3n) is 4.77. The van der Waals surface area contributed by atoms with Gasteiger partial charge in [-0.05, 0) is 24.3 Å². The van der Waals surface area contributed by atoms with Crippen molar-refractivity contribution < 1.29 is 19.8 Å². The zero-order chi connectivity index (χ0) is 19.9. The maximum Gasteiger partial charge on any atom is 0.256 e. The second kappa shape index (κ2) is 9.34. The summed E-state index contributed by atoms with van der Waals surface area (Å²) in [5, 5.41) is 21.5. The normalized spacial score (nSPS) is 15.2. The molecule has 3 N–H and O–H groups in total. The molecule has 1 aliphatic heterocycles. The van der Waals surface area contributed by atoms with E-state index in [9.17, 15) is 14.7 Å². The summed E-state index contributed by atoms with van der Waals surface area (Å²) >= 11 is 0. The smallest absolute Gasteiger partial charge is 0.256 e. The van der Waals surface area contributed by atoms with E-state index in [1.807, 2.05) is 18.2 Å². The maximum atomic E-state index is 13.0. The topological polar surface area (TPSA) is 93.1 Å². The number of hydrogen-bond acceptors (Lipinski definition) is 5. The Morgan fingerprint density at radius 1 is 0.893 bits per heavy atom. The number of nitrogens with zero attached hydrogens (tertiary/aromatic N) is 2. The molecule has 0 radical (unpaired) electrons. The molecule has 1 fully saturated rings. The Kier molecular flexibility index (Phi) is 6.62. The van der Waals surface area contributed by atoms with Crippen molar-refractivity contribution in [3.8, 4) is 0 Å². The number of carbonyl (C=O) groups is 2. The second-order valence-corrected chi connectivity index (χ2v) is 6.71. The summed E-state index contributed by atoms with van der Waals surface area (Å²) in [4.78, 5) is 29.0. The first-order chi connectivity index (χ1) is 13.6. The van der Waals surface area contributed by atoms with Crippen molar-refractivity contribution in [1.29, 1.82) is 0 Å². The number of carbonyl (C=O) groups excluding carboxylic acids is 2. The Hall–Kier alpha value is -2.90. The minimum absolute atomic E-state index is 0.0206. The van der Waals surface area contributed by atoms with Crippen molar-refractivity contribution in [2.24, 2.45) is 0 Å². The van der Waals surface area contributed by atoms with Crippen molar-refractivity contribution >= 4 is 17.5 Å². The minimum atomic E-state index is -0.893. The third kappa shape index (κ3) is 4.68. The Bertz CT molecular complexity index is 804. The van der Waals surface area contributed by atoms with Gasteiger partial charge in [-0.3, -0.25) is 9.59 Å². The lowest BCUT2D eigenvalue weighted by Crippen LogP contribution is -2.50. The summed E-state index contributed by atoms with van der Waals surface area (Å²) in [6.45, 7) is 1.70. The van der Waals surface area contributed by atoms with E-state index >= 15 is 0 Å². The molecule has 3 rings (SSSR count). The molecule has 1 heterocycles. The van der Waals surface area contributed by atoms with Crippen LogP contribution in [0.2, 0.25) is 0 Å². The van der Waals surface area contributed by atoms with Crippen LogP contribution in [0.4, 0.5) is 5.69 Å². The summed E-state index contributed by atoms with van der Waals surface area (Å²) < 4.78 is 0. The number of amides is 2. The van der Waals surface area contributed by atoms with Crippen molar-refractivity contribution in [3.05, 3.63) is 65.7 Å². The van der Waals surface area contributed by atoms with E-state index < -0.39 is 6.10 Å². The monoisotopic (exact) mass is 383 g/mol. The van der Waals surface area contributed by atoms with E-state index in [-0.39, 0.29) is 25.0 Å². The molecule has 2 aromatic carbocycles. The number of piperazine rings is 1. The molecule has 0 spiro atoms. The van der Waals surface area contributed by atoms with Gasteiger partial charge in [-0.1, -0.05) is 30.3 Å². The molecule has 1 atom stereocenters. The highest BCUT2D eigenvalue weighted by Gasteiger charge is 2.26. The van der Waals surface area contributed by atoms with Gasteiger partial charge in [0.25, 0.3) is 11.8 Å². The Labute approximate surface area is 164 Å². The fraction of sp³-hybridized carbons (Fsp3) is 0.333. The van der Waals surface area contributed by atoms with Crippen LogP contribution in [0.5, 0.6) is 0 Å². The van der Waals surface area contributed by atoms with Crippen LogP contribution in [-0.2, 0) is 0 Å². The molecular weight excluding hydrogens is 358 g/mol. The molecule has 1 aliphatic rings. The summed E-state index contributed by atoms with van der Waals surface area (Å²) in [6, 6.07) is 16.2. The molecule has 148 valence electrons. The second-order valence-electron chi connectivity index (χ2n) is 6.71. The van der Waals surface area contributed by atoms with Crippen LogP contribution in [-0.4, -0.2) is 77.3 Å². The first-order valence-corrected chi connectivity index (χ1v) is 9.35. The number of hydrogen-bond donors (Lipinski definition) is 3. The van der Waals surface area contributed by atoms with Crippen LogP contribution < -0.4 is 5.32 Å². The van der Waals surface area contributed by atoms with Crippen LogP contribution >= 0.6 is 0 Å². The van der Waals surface area contributed by atoms with Crippen molar-refractivity contribution in [3.63, 3.8) is 0 Å². The van der Waals surface area contributed by atoms with Gasteiger partial charge < -0.3 is 25.3 Å². The first kappa shape index (κ1) is 19.9. The summed E-state index contributed by atoms with van der Waals surface area (Å²) in [5.74, 6) is -0.138. The SMILES string of the molecule is O=C(c1ccccc1)N1CCN(C(=O)c2ccccc2NCC(O)CO)CC1. The largest absolute Gasteiger partial charge is 0.394 e. The van der Waals surface area contributed by atoms with Gasteiger partial charge in [-0.2, -0.15) is 0 Å². The molecule has 0 aromatic heterocycles. The van der Waals surface area contributed by atoms with Gasteiger partial charge in [-0.15, -0.1) is 0 Å². The molecule has 7 heteroatoms. The maximum absolute atomic E-state index is 13.0. The molecule has 1 saturated heterocycles. The quantitative estimate of drug-likeness (QED) is 0.693. The van der Waals surface area contributed by atoms with E-state index in [0.717, 1.165) is 0 Å². The Balaban J connectivity index is 1.62. The number of aliphatic hydroxyl groups excluding tert-OH is 2. The molecule has 2 amide bonds. The van der Waals surface area contributed by atoms with Crippen LogP contribution in [0.25, 0.3) is 0 Å². The molecule has 0 saturated carbocycles. The number of anilines is 1. The number of rotatable bonds is 6. The lowest BCUT2D eigenvalue weighted by Gasteiger charge is -2.35. The predicted octanol–water partition coefficient (Wildman–Crippen LogP) is 1.05. The predicted molar refractivity (Wildman–Crippen MR) is 106 cm³/mol. The summed E-state index contributed by atoms with van der Waals surface area (Å²) in [7, 11) is 0. The molecular formula is C21H25N3O4. The van der Waals surface area contributed by atoms with Crippen molar-refractivity contribution in [2.75, 3.05) is 44.6 Å². The van der Waals surface area contributed by atoms with Crippen LogP contribution in [0.15, 0.2) is 54.6 Å². The fourth-order valence-corrected chi connectivity index (χ4v) is 3.16. The molecule has 0 aliphatic carbocycles. The van der Waals surface area contributed by atoms with Gasteiger partial charge in [-0.25, -0.2) is 0 Å². The average molecular weight is 383 g/mol. The fourth-order valence-electron chi connectivity index (χ4n) is 3.16. The number of para-hydroxylation sites is 1. The van der Waals surface area contributed by atoms with E-state index in [4.69, 9.17) is 5.11 Å². The average Bonchev–Trinajstić information content (AvgIpc) is 2.77. The number of aliphatic hydroxyl groups is 2. The van der Waals surface area contributed by atoms with E-state index in [2.05, 4.69) is 5.32 Å². The number of benzene rings is 2. The Morgan fingerprint density at radius 3 is 2.11 bits per heavy atom. The van der Waals surface area contributed by atoms with E-state index in [0.29, 0.717) is 43.0 Å². The third-order valence-corrected chi connectivity index (χ3v) is 4.77. The zero-order valence-electron chi connectivity index (χ0n) is 15.6. The van der Waals surface area contributed by atoms with Gasteiger partial charge in [0.05, 0.1) is 18.3 Å². The first-order valence-electron chi connectivity index (χ1n) is 9.35. The lowest BCUT2D eigenvalue weighted by atomic mass is 10.1. The van der Waals surface area contributed by atoms with Gasteiger partial charge >= 0.3 is 0 Å². The molecule has 0 bridgehead atoms. The highest BCUT2D eigenvalue weighted by Crippen LogP contribution is 2.19. The Morgan fingerprint density at radius 2 is 1.46 bits per heavy atom. The minimum Gasteiger partial charge on any atom is -0.394 e. The zero-order valence-corrected chi connectivity index (χ0v) is 15.6. The lowest BCUT2D eigenvalue weighted by molar-refractivity contribution is 0.0536. The van der Waals surface area contributed by atoms with Crippen molar-refractivity contribution in [2.45, 2.75) is 6.10 Å². The van der Waals surface area contributed by atoms with Crippen molar-refractivity contribution in [1.82, 2.24) is 9.80 Å². The van der Waals surface area contributed by atoms with Gasteiger partial charge in [0.1, 0.15) is 0 Å². The van der Waals surface area contributed by atoms with Gasteiger partial charge in [0.2, 0.25) is 0 Å². The summed E-state index contributed by atoms with van der Waals surface area (Å²) in [6.07, 6.45) is -0.893. The molecule has 2 aromatic rings. The standard InChI is InChI=1S/C21H25N3O4/c25-15-17(26)14-22-19-9-5-4-8-18(19)21(28)24-12-10-23(11-13-24)20(27)16-6-2-1-3-7-16/h1-9,17,22,25-26H,10-15H2. The van der Waals surface area contributed by atoms with Gasteiger partial charge in [0.15, 0.2) is 0 Å². The number of nitrogens with one attached hydrogen (secondary N) is 1. The molecule has 1 unspecified atom stereocenters. The molecule has 7 nitrogen and oxygen atoms in total. The highest BCUT2D eigenvalue weighted by molar-refractivity contribution is 6.00. The highest BCUT2D eigenvalue weighted by atomic mass is 16.3. The van der Waals surface area contributed by atoms with Gasteiger partial charge in [0, 0.05) is 44.0 Å². The van der Waals surface area contributed by atoms with Crippen LogP contribution in [0.1, 0.15) is 20.7 Å². The van der Waals surface area contributed by atoms with Crippen LogP contribution in [0.3, 0.4) is 0 Å². The van der Waals surface area contributed by atoms with Crippen LogP contribution in [0, 0.1) is 0 Å². The van der Waals surface area contributed by atoms with E-state index in [1.165, 1.54) is 0 Å². The molecule has 28 heavy (non-hydrogen) atoms. The summed E-state index contributed by atoms with van der Waals surface area (Å²) in [5.41, 5.74) is 1.78.